The third kappa shape index (κ3) is 3.90. The summed E-state index contributed by atoms with van der Waals surface area (Å²) >= 11 is 0. The van der Waals surface area contributed by atoms with Gasteiger partial charge in [-0.1, -0.05) is 13.3 Å². The lowest BCUT2D eigenvalue weighted by Gasteiger charge is -2.14. The Morgan fingerprint density at radius 3 is 2.85 bits per heavy atom. The van der Waals surface area contributed by atoms with E-state index in [1.54, 1.807) is 6.92 Å². The third-order valence-corrected chi connectivity index (χ3v) is 2.95. The third-order valence-electron chi connectivity index (χ3n) is 2.95. The minimum absolute atomic E-state index is 0.325. The summed E-state index contributed by atoms with van der Waals surface area (Å²) in [4.78, 5) is 13.2. The van der Waals surface area contributed by atoms with Crippen LogP contribution in [0.2, 0.25) is 0 Å². The fraction of sp³-hybridized carbons (Fsp3) is 0.909. The van der Waals surface area contributed by atoms with Gasteiger partial charge in [0, 0.05) is 13.0 Å². The molecule has 2 heteroatoms. The normalized spacial score (nSPS) is 23.7. The Morgan fingerprint density at radius 2 is 2.31 bits per heavy atom. The van der Waals surface area contributed by atoms with E-state index in [2.05, 4.69) is 11.8 Å². The molecule has 1 saturated heterocycles. The smallest absolute Gasteiger partial charge is 0.129 e. The zero-order valence-electron chi connectivity index (χ0n) is 8.88. The maximum Gasteiger partial charge on any atom is 0.129 e. The molecule has 1 aliphatic rings. The molecule has 0 aromatic rings. The molecular weight excluding hydrogens is 162 g/mol. The summed E-state index contributed by atoms with van der Waals surface area (Å²) in [6, 6.07) is 0. The molecule has 0 radical (unpaired) electrons. The molecule has 1 unspecified atom stereocenters. The van der Waals surface area contributed by atoms with Gasteiger partial charge in [-0.2, -0.15) is 0 Å². The maximum atomic E-state index is 10.7. The minimum atomic E-state index is 0.325. The molecule has 1 fully saturated rings. The minimum Gasteiger partial charge on any atom is -0.303 e. The second kappa shape index (κ2) is 5.38. The summed E-state index contributed by atoms with van der Waals surface area (Å²) in [5.74, 6) is 1.24. The summed E-state index contributed by atoms with van der Waals surface area (Å²) in [5, 5.41) is 0. The molecule has 0 aromatic heterocycles. The maximum absolute atomic E-state index is 10.7. The van der Waals surface area contributed by atoms with Crippen LogP contribution in [0.3, 0.4) is 0 Å². The molecule has 0 saturated carbocycles. The van der Waals surface area contributed by atoms with E-state index in [9.17, 15) is 4.79 Å². The molecule has 1 atom stereocenters. The largest absolute Gasteiger partial charge is 0.303 e. The van der Waals surface area contributed by atoms with E-state index in [4.69, 9.17) is 0 Å². The zero-order chi connectivity index (χ0) is 9.68. The topological polar surface area (TPSA) is 20.3 Å². The average Bonchev–Trinajstić information content (AvgIpc) is 2.52. The molecule has 76 valence electrons. The van der Waals surface area contributed by atoms with Crippen molar-refractivity contribution in [2.45, 2.75) is 39.5 Å². The first-order valence-corrected chi connectivity index (χ1v) is 5.44. The van der Waals surface area contributed by atoms with Crippen LogP contribution in [-0.2, 0) is 4.79 Å². The van der Waals surface area contributed by atoms with Crippen molar-refractivity contribution in [3.63, 3.8) is 0 Å². The Balaban J connectivity index is 2.07. The van der Waals surface area contributed by atoms with E-state index in [1.807, 2.05) is 0 Å². The molecule has 0 aromatic carbocycles. The summed E-state index contributed by atoms with van der Waals surface area (Å²) in [5.41, 5.74) is 0. The van der Waals surface area contributed by atoms with Gasteiger partial charge in [-0.25, -0.2) is 0 Å². The van der Waals surface area contributed by atoms with Gasteiger partial charge in [0.25, 0.3) is 0 Å². The number of hydrogen-bond acceptors (Lipinski definition) is 2. The van der Waals surface area contributed by atoms with E-state index < -0.39 is 0 Å². The predicted molar refractivity (Wildman–Crippen MR) is 54.8 cm³/mol. The van der Waals surface area contributed by atoms with Gasteiger partial charge in [-0.3, -0.25) is 0 Å². The summed E-state index contributed by atoms with van der Waals surface area (Å²) < 4.78 is 0. The number of Topliss-reactive ketones (excluding diaryl/α,β-unsaturated/α-hetero) is 1. The number of ketones is 1. The van der Waals surface area contributed by atoms with Crippen LogP contribution in [0.5, 0.6) is 0 Å². The highest BCUT2D eigenvalue weighted by atomic mass is 16.1. The lowest BCUT2D eigenvalue weighted by Crippen LogP contribution is -2.22. The van der Waals surface area contributed by atoms with Crippen LogP contribution < -0.4 is 0 Å². The molecule has 0 N–H and O–H groups in total. The standard InChI is InChI=1S/C11H21NO/c1-3-11-6-8-12(9-11)7-4-5-10(2)13/h11H,3-9H2,1-2H3. The van der Waals surface area contributed by atoms with Crippen molar-refractivity contribution in [1.82, 2.24) is 4.90 Å². The van der Waals surface area contributed by atoms with Gasteiger partial charge in [0.2, 0.25) is 0 Å². The molecule has 1 aliphatic heterocycles. The summed E-state index contributed by atoms with van der Waals surface area (Å²) in [7, 11) is 0. The van der Waals surface area contributed by atoms with E-state index in [1.165, 1.54) is 25.9 Å². The summed E-state index contributed by atoms with van der Waals surface area (Å²) in [6.45, 7) is 7.57. The van der Waals surface area contributed by atoms with Crippen molar-refractivity contribution in [3.8, 4) is 0 Å². The molecule has 0 bridgehead atoms. The van der Waals surface area contributed by atoms with Gasteiger partial charge in [0.15, 0.2) is 0 Å². The van der Waals surface area contributed by atoms with Crippen molar-refractivity contribution < 1.29 is 4.79 Å². The Morgan fingerprint density at radius 1 is 1.54 bits per heavy atom. The highest BCUT2D eigenvalue weighted by Crippen LogP contribution is 2.18. The van der Waals surface area contributed by atoms with Gasteiger partial charge in [-0.05, 0) is 38.8 Å². The zero-order valence-corrected chi connectivity index (χ0v) is 8.88. The molecule has 0 aliphatic carbocycles. The number of carbonyl (C=O) groups excluding carboxylic acids is 1. The first kappa shape index (κ1) is 10.7. The average molecular weight is 183 g/mol. The second-order valence-electron chi connectivity index (χ2n) is 4.17. The molecule has 0 amide bonds. The molecule has 1 heterocycles. The highest BCUT2D eigenvalue weighted by Gasteiger charge is 2.19. The van der Waals surface area contributed by atoms with Gasteiger partial charge in [0.05, 0.1) is 0 Å². The SMILES string of the molecule is CCC1CCN(CCCC(C)=O)C1. The Kier molecular flexibility index (Phi) is 4.43. The van der Waals surface area contributed by atoms with Crippen molar-refractivity contribution >= 4 is 5.78 Å². The lowest BCUT2D eigenvalue weighted by molar-refractivity contribution is -0.117. The van der Waals surface area contributed by atoms with Crippen LogP contribution in [-0.4, -0.2) is 30.3 Å². The number of likely N-dealkylation sites (tertiary alicyclic amines) is 1. The monoisotopic (exact) mass is 183 g/mol. The Bertz CT molecular complexity index is 167. The van der Waals surface area contributed by atoms with E-state index in [-0.39, 0.29) is 0 Å². The molecule has 0 spiro atoms. The van der Waals surface area contributed by atoms with Crippen LogP contribution in [0.25, 0.3) is 0 Å². The van der Waals surface area contributed by atoms with Crippen LogP contribution in [0.15, 0.2) is 0 Å². The number of nitrogens with zero attached hydrogens (tertiary/aromatic N) is 1. The fourth-order valence-corrected chi connectivity index (χ4v) is 2.00. The number of hydrogen-bond donors (Lipinski definition) is 0. The predicted octanol–water partition coefficient (Wildman–Crippen LogP) is 2.09. The van der Waals surface area contributed by atoms with Crippen LogP contribution >= 0.6 is 0 Å². The van der Waals surface area contributed by atoms with Crippen LogP contribution in [0.1, 0.15) is 39.5 Å². The van der Waals surface area contributed by atoms with Gasteiger partial charge in [-0.15, -0.1) is 0 Å². The van der Waals surface area contributed by atoms with Crippen molar-refractivity contribution in [3.05, 3.63) is 0 Å². The molecule has 13 heavy (non-hydrogen) atoms. The molecular formula is C11H21NO. The number of carbonyl (C=O) groups is 1. The van der Waals surface area contributed by atoms with E-state index in [0.29, 0.717) is 5.78 Å². The van der Waals surface area contributed by atoms with Crippen molar-refractivity contribution in [1.29, 1.82) is 0 Å². The fourth-order valence-electron chi connectivity index (χ4n) is 2.00. The van der Waals surface area contributed by atoms with Gasteiger partial charge < -0.3 is 9.69 Å². The van der Waals surface area contributed by atoms with Crippen molar-refractivity contribution in [2.75, 3.05) is 19.6 Å². The first-order valence-electron chi connectivity index (χ1n) is 5.44. The Labute approximate surface area is 81.3 Å². The quantitative estimate of drug-likeness (QED) is 0.650. The second-order valence-corrected chi connectivity index (χ2v) is 4.17. The summed E-state index contributed by atoms with van der Waals surface area (Å²) in [6.07, 6.45) is 4.47. The van der Waals surface area contributed by atoms with E-state index >= 15 is 0 Å². The highest BCUT2D eigenvalue weighted by molar-refractivity contribution is 5.75. The van der Waals surface area contributed by atoms with Crippen LogP contribution in [0.4, 0.5) is 0 Å². The van der Waals surface area contributed by atoms with Gasteiger partial charge >= 0.3 is 0 Å². The molecule has 2 nitrogen and oxygen atoms in total. The van der Waals surface area contributed by atoms with E-state index in [0.717, 1.165) is 25.3 Å². The Hall–Kier alpha value is -0.370. The number of rotatable bonds is 5. The van der Waals surface area contributed by atoms with Gasteiger partial charge in [0.1, 0.15) is 5.78 Å². The van der Waals surface area contributed by atoms with Crippen molar-refractivity contribution in [2.24, 2.45) is 5.92 Å². The molecule has 1 rings (SSSR count). The first-order chi connectivity index (χ1) is 6.22. The van der Waals surface area contributed by atoms with Crippen LogP contribution in [0, 0.1) is 5.92 Å². The lowest BCUT2D eigenvalue weighted by atomic mass is 10.1.